The Kier molecular flexibility index (Phi) is 7.39. The quantitative estimate of drug-likeness (QED) is 0.286. The van der Waals surface area contributed by atoms with Crippen LogP contribution in [0.1, 0.15) is 11.1 Å². The molecule has 9 nitrogen and oxygen atoms in total. The van der Waals surface area contributed by atoms with Gasteiger partial charge in [0.15, 0.2) is 11.5 Å². The molecule has 2 aromatic heterocycles. The molecule has 0 atom stereocenters. The van der Waals surface area contributed by atoms with Gasteiger partial charge in [-0.3, -0.25) is 9.97 Å². The highest BCUT2D eigenvalue weighted by molar-refractivity contribution is 5.90. The highest BCUT2D eigenvalue weighted by Crippen LogP contribution is 2.30. The summed E-state index contributed by atoms with van der Waals surface area (Å²) in [6.45, 7) is 0.861. The van der Waals surface area contributed by atoms with E-state index in [1.807, 2.05) is 41.3 Å². The first-order chi connectivity index (χ1) is 17.8. The maximum Gasteiger partial charge on any atom is 0.414 e. The summed E-state index contributed by atoms with van der Waals surface area (Å²) in [5.74, 6) is 0.760. The van der Waals surface area contributed by atoms with E-state index in [1.54, 1.807) is 52.7 Å². The van der Waals surface area contributed by atoms with Crippen LogP contribution in [0.5, 0.6) is 11.5 Å². The van der Waals surface area contributed by atoms with Gasteiger partial charge in [-0.2, -0.15) is 0 Å². The van der Waals surface area contributed by atoms with E-state index in [2.05, 4.69) is 16.0 Å². The van der Waals surface area contributed by atoms with Gasteiger partial charge in [-0.15, -0.1) is 0 Å². The molecular weight excluding hydrogens is 470 g/mol. The zero-order valence-electron chi connectivity index (χ0n) is 21.1. The first-order valence-electron chi connectivity index (χ1n) is 11.5. The van der Waals surface area contributed by atoms with Crippen molar-refractivity contribution in [3.05, 3.63) is 72.1 Å². The van der Waals surface area contributed by atoms with Gasteiger partial charge >= 0.3 is 12.2 Å². The molecule has 0 spiro atoms. The second-order valence-corrected chi connectivity index (χ2v) is 8.75. The number of benzene rings is 2. The molecule has 0 aliphatic heterocycles. The first-order valence-corrected chi connectivity index (χ1v) is 11.5. The summed E-state index contributed by atoms with van der Waals surface area (Å²) in [5.41, 5.74) is 3.03. The SMILES string of the molecule is C#CN(Cc1ccc(OC(=O)N(C)C)c2ncccc12)Cc1ccc(OC(=O)N(C)C)c2ncccc12. The third kappa shape index (κ3) is 5.54. The average molecular weight is 498 g/mol. The Morgan fingerprint density at radius 2 is 1.19 bits per heavy atom. The highest BCUT2D eigenvalue weighted by atomic mass is 16.6. The predicted molar refractivity (Wildman–Crippen MR) is 141 cm³/mol. The number of aromatic nitrogens is 2. The summed E-state index contributed by atoms with van der Waals surface area (Å²) in [7, 11) is 6.48. The van der Waals surface area contributed by atoms with Crippen LogP contribution in [-0.2, 0) is 13.1 Å². The number of carbonyl (C=O) groups excluding carboxylic acids is 2. The summed E-state index contributed by atoms with van der Waals surface area (Å²) in [5, 5.41) is 1.67. The molecule has 2 aromatic carbocycles. The maximum absolute atomic E-state index is 12.1. The van der Waals surface area contributed by atoms with Crippen LogP contribution in [0.3, 0.4) is 0 Å². The lowest BCUT2D eigenvalue weighted by Crippen LogP contribution is -2.25. The van der Waals surface area contributed by atoms with Crippen molar-refractivity contribution in [2.45, 2.75) is 13.1 Å². The summed E-state index contributed by atoms with van der Waals surface area (Å²) in [6.07, 6.45) is 8.26. The number of amides is 2. The molecule has 2 amide bonds. The largest absolute Gasteiger partial charge is 0.414 e. The smallest absolute Gasteiger partial charge is 0.408 e. The molecule has 0 aliphatic rings. The van der Waals surface area contributed by atoms with Gasteiger partial charge in [0.1, 0.15) is 11.0 Å². The molecule has 0 saturated heterocycles. The fourth-order valence-electron chi connectivity index (χ4n) is 3.78. The number of pyridine rings is 2. The number of rotatable bonds is 6. The lowest BCUT2D eigenvalue weighted by molar-refractivity contribution is 0.171. The Morgan fingerprint density at radius 3 is 1.57 bits per heavy atom. The first kappa shape index (κ1) is 25.3. The molecule has 0 fully saturated rings. The van der Waals surface area contributed by atoms with Crippen molar-refractivity contribution < 1.29 is 19.1 Å². The molecule has 37 heavy (non-hydrogen) atoms. The van der Waals surface area contributed by atoms with Gasteiger partial charge in [0.25, 0.3) is 0 Å². The van der Waals surface area contributed by atoms with E-state index >= 15 is 0 Å². The van der Waals surface area contributed by atoms with Gasteiger partial charge in [0, 0.05) is 57.4 Å². The maximum atomic E-state index is 12.1. The van der Waals surface area contributed by atoms with Gasteiger partial charge in [-0.25, -0.2) is 9.59 Å². The van der Waals surface area contributed by atoms with Crippen LogP contribution in [0.4, 0.5) is 9.59 Å². The molecule has 4 rings (SSSR count). The van der Waals surface area contributed by atoms with Crippen LogP contribution < -0.4 is 9.47 Å². The number of hydrogen-bond acceptors (Lipinski definition) is 7. The van der Waals surface area contributed by atoms with Crippen molar-refractivity contribution in [1.29, 1.82) is 0 Å². The van der Waals surface area contributed by atoms with E-state index in [9.17, 15) is 9.59 Å². The minimum Gasteiger partial charge on any atom is -0.408 e. The lowest BCUT2D eigenvalue weighted by Gasteiger charge is -2.21. The zero-order valence-corrected chi connectivity index (χ0v) is 21.1. The number of hydrogen-bond donors (Lipinski definition) is 0. The number of carbonyl (C=O) groups is 2. The molecule has 4 aromatic rings. The van der Waals surface area contributed by atoms with Crippen LogP contribution in [0.2, 0.25) is 0 Å². The Labute approximate surface area is 215 Å². The Hall–Kier alpha value is -4.84. The molecule has 0 bridgehead atoms. The van der Waals surface area contributed by atoms with Crippen molar-refractivity contribution >= 4 is 34.0 Å². The standard InChI is InChI=1S/C28H27N5O4/c1-6-33(17-19-11-13-23(36-27(34)31(2)3)25-21(19)9-7-15-29-25)18-20-12-14-24(37-28(35)32(4)5)26-22(20)10-8-16-30-26/h1,7-16H,17-18H2,2-5H3. The highest BCUT2D eigenvalue weighted by Gasteiger charge is 2.17. The summed E-state index contributed by atoms with van der Waals surface area (Å²) >= 11 is 0. The van der Waals surface area contributed by atoms with E-state index in [-0.39, 0.29) is 0 Å². The van der Waals surface area contributed by atoms with Crippen molar-refractivity contribution in [1.82, 2.24) is 24.7 Å². The number of nitrogens with zero attached hydrogens (tertiary/aromatic N) is 5. The Bertz CT molecular complexity index is 1400. The third-order valence-electron chi connectivity index (χ3n) is 5.68. The second kappa shape index (κ2) is 10.8. The number of terminal acetylenes is 1. The minimum atomic E-state index is -0.481. The van der Waals surface area contributed by atoms with Crippen LogP contribution in [0.15, 0.2) is 60.9 Å². The van der Waals surface area contributed by atoms with Crippen molar-refractivity contribution in [3.63, 3.8) is 0 Å². The Morgan fingerprint density at radius 1 is 0.757 bits per heavy atom. The molecule has 0 radical (unpaired) electrons. The normalized spacial score (nSPS) is 10.6. The summed E-state index contributed by atoms with van der Waals surface area (Å²) in [4.78, 5) is 37.6. The molecule has 0 unspecified atom stereocenters. The fraction of sp³-hybridized carbons (Fsp3) is 0.214. The van der Waals surface area contributed by atoms with Crippen LogP contribution >= 0.6 is 0 Å². The monoisotopic (exact) mass is 497 g/mol. The predicted octanol–water partition coefficient (Wildman–Crippen LogP) is 4.50. The second-order valence-electron chi connectivity index (χ2n) is 8.75. The molecule has 2 heterocycles. The average Bonchev–Trinajstić information content (AvgIpc) is 2.90. The van der Waals surface area contributed by atoms with Gasteiger partial charge in [0.2, 0.25) is 0 Å². The minimum absolute atomic E-state index is 0.380. The van der Waals surface area contributed by atoms with Crippen LogP contribution in [-0.4, -0.2) is 65.0 Å². The van der Waals surface area contributed by atoms with E-state index < -0.39 is 12.2 Å². The molecule has 0 saturated carbocycles. The molecule has 0 N–H and O–H groups in total. The lowest BCUT2D eigenvalue weighted by atomic mass is 10.1. The number of fused-ring (bicyclic) bond motifs is 2. The molecule has 9 heteroatoms. The van der Waals surface area contributed by atoms with Gasteiger partial charge in [-0.1, -0.05) is 30.7 Å². The van der Waals surface area contributed by atoms with Crippen LogP contribution in [0, 0.1) is 12.5 Å². The molecule has 188 valence electrons. The third-order valence-corrected chi connectivity index (χ3v) is 5.68. The Balaban J connectivity index is 1.63. The summed E-state index contributed by atoms with van der Waals surface area (Å²) in [6, 6.07) is 17.5. The fourth-order valence-corrected chi connectivity index (χ4v) is 3.78. The van der Waals surface area contributed by atoms with Crippen molar-refractivity contribution in [2.75, 3.05) is 28.2 Å². The van der Waals surface area contributed by atoms with Crippen molar-refractivity contribution in [3.8, 4) is 24.0 Å². The van der Waals surface area contributed by atoms with Gasteiger partial charge in [-0.05, 0) is 35.4 Å². The summed E-state index contributed by atoms with van der Waals surface area (Å²) < 4.78 is 11.0. The van der Waals surface area contributed by atoms with Gasteiger partial charge < -0.3 is 24.2 Å². The van der Waals surface area contributed by atoms with Crippen LogP contribution in [0.25, 0.3) is 21.8 Å². The van der Waals surface area contributed by atoms with E-state index in [0.717, 1.165) is 21.9 Å². The molecule has 0 aliphatic carbocycles. The number of ether oxygens (including phenoxy) is 2. The van der Waals surface area contributed by atoms with E-state index in [0.29, 0.717) is 35.6 Å². The van der Waals surface area contributed by atoms with Gasteiger partial charge in [0.05, 0.1) is 13.1 Å². The topological polar surface area (TPSA) is 88.1 Å². The van der Waals surface area contributed by atoms with E-state index in [1.165, 1.54) is 9.80 Å². The van der Waals surface area contributed by atoms with E-state index in [4.69, 9.17) is 15.9 Å². The molecular formula is C28H27N5O4. The zero-order chi connectivity index (χ0) is 26.5. The van der Waals surface area contributed by atoms with Crippen molar-refractivity contribution in [2.24, 2.45) is 0 Å².